The van der Waals surface area contributed by atoms with Crippen LogP contribution in [0.1, 0.15) is 45.4 Å². The standard InChI is InChI=1S/C13H28N2S/c1-2-16-11-8-13(12-14)15-9-6-4-3-5-7-10-15/h13H,2-12,14H2,1H3. The minimum Gasteiger partial charge on any atom is -0.329 e. The van der Waals surface area contributed by atoms with Crippen LogP contribution in [0.25, 0.3) is 0 Å². The molecule has 2 nitrogen and oxygen atoms in total. The molecule has 1 rings (SSSR count). The summed E-state index contributed by atoms with van der Waals surface area (Å²) in [4.78, 5) is 2.65. The Morgan fingerprint density at radius 1 is 1.12 bits per heavy atom. The molecule has 0 aliphatic carbocycles. The quantitative estimate of drug-likeness (QED) is 0.729. The molecule has 0 saturated carbocycles. The molecule has 2 N–H and O–H groups in total. The number of likely N-dealkylation sites (tertiary alicyclic amines) is 1. The van der Waals surface area contributed by atoms with Gasteiger partial charge in [-0.3, -0.25) is 4.90 Å². The molecular weight excluding hydrogens is 216 g/mol. The Balaban J connectivity index is 2.29. The highest BCUT2D eigenvalue weighted by molar-refractivity contribution is 7.99. The Labute approximate surface area is 105 Å². The number of hydrogen-bond donors (Lipinski definition) is 1. The molecule has 1 atom stereocenters. The van der Waals surface area contributed by atoms with E-state index in [1.807, 2.05) is 11.8 Å². The lowest BCUT2D eigenvalue weighted by Crippen LogP contribution is -2.42. The highest BCUT2D eigenvalue weighted by atomic mass is 32.2. The van der Waals surface area contributed by atoms with Gasteiger partial charge in [0.15, 0.2) is 0 Å². The summed E-state index contributed by atoms with van der Waals surface area (Å²) < 4.78 is 0. The van der Waals surface area contributed by atoms with Gasteiger partial charge in [0.05, 0.1) is 0 Å². The van der Waals surface area contributed by atoms with Crippen molar-refractivity contribution in [1.29, 1.82) is 0 Å². The molecule has 1 heterocycles. The Kier molecular flexibility index (Phi) is 8.34. The van der Waals surface area contributed by atoms with Crippen LogP contribution in [-0.2, 0) is 0 Å². The second kappa shape index (κ2) is 9.32. The first-order chi connectivity index (χ1) is 7.88. The van der Waals surface area contributed by atoms with E-state index in [-0.39, 0.29) is 0 Å². The smallest absolute Gasteiger partial charge is 0.0226 e. The van der Waals surface area contributed by atoms with Crippen molar-refractivity contribution in [2.45, 2.75) is 51.5 Å². The second-order valence-corrected chi connectivity index (χ2v) is 6.07. The van der Waals surface area contributed by atoms with Crippen molar-refractivity contribution in [3.05, 3.63) is 0 Å². The van der Waals surface area contributed by atoms with E-state index in [1.165, 1.54) is 63.1 Å². The van der Waals surface area contributed by atoms with Crippen molar-refractivity contribution in [1.82, 2.24) is 4.90 Å². The summed E-state index contributed by atoms with van der Waals surface area (Å²) in [6.45, 7) is 5.62. The predicted octanol–water partition coefficient (Wildman–Crippen LogP) is 2.72. The normalized spacial score (nSPS) is 21.4. The summed E-state index contributed by atoms with van der Waals surface area (Å²) in [7, 11) is 0. The number of nitrogens with zero attached hydrogens (tertiary/aromatic N) is 1. The van der Waals surface area contributed by atoms with Crippen LogP contribution < -0.4 is 5.73 Å². The van der Waals surface area contributed by atoms with E-state index in [4.69, 9.17) is 5.73 Å². The molecule has 1 fully saturated rings. The molecule has 0 aromatic heterocycles. The molecular formula is C13H28N2S. The topological polar surface area (TPSA) is 29.3 Å². The van der Waals surface area contributed by atoms with E-state index < -0.39 is 0 Å². The van der Waals surface area contributed by atoms with Crippen LogP contribution in [0.4, 0.5) is 0 Å². The highest BCUT2D eigenvalue weighted by Crippen LogP contribution is 2.15. The van der Waals surface area contributed by atoms with Gasteiger partial charge in [0.25, 0.3) is 0 Å². The molecule has 96 valence electrons. The summed E-state index contributed by atoms with van der Waals surface area (Å²) in [5, 5.41) is 0. The average molecular weight is 244 g/mol. The van der Waals surface area contributed by atoms with Gasteiger partial charge in [-0.2, -0.15) is 11.8 Å². The van der Waals surface area contributed by atoms with Gasteiger partial charge >= 0.3 is 0 Å². The largest absolute Gasteiger partial charge is 0.329 e. The van der Waals surface area contributed by atoms with Crippen molar-refractivity contribution >= 4 is 11.8 Å². The second-order valence-electron chi connectivity index (χ2n) is 4.68. The third-order valence-electron chi connectivity index (χ3n) is 3.48. The predicted molar refractivity (Wildman–Crippen MR) is 75.1 cm³/mol. The van der Waals surface area contributed by atoms with Crippen LogP contribution >= 0.6 is 11.8 Å². The Morgan fingerprint density at radius 2 is 1.75 bits per heavy atom. The summed E-state index contributed by atoms with van der Waals surface area (Å²) in [5.74, 6) is 2.51. The molecule has 16 heavy (non-hydrogen) atoms. The monoisotopic (exact) mass is 244 g/mol. The van der Waals surface area contributed by atoms with Crippen molar-refractivity contribution < 1.29 is 0 Å². The average Bonchev–Trinajstić information content (AvgIpc) is 2.25. The highest BCUT2D eigenvalue weighted by Gasteiger charge is 2.17. The van der Waals surface area contributed by atoms with E-state index >= 15 is 0 Å². The maximum atomic E-state index is 5.92. The summed E-state index contributed by atoms with van der Waals surface area (Å²) >= 11 is 2.04. The molecule has 0 bridgehead atoms. The van der Waals surface area contributed by atoms with Gasteiger partial charge in [-0.15, -0.1) is 0 Å². The molecule has 1 aliphatic rings. The Morgan fingerprint density at radius 3 is 2.31 bits per heavy atom. The molecule has 1 saturated heterocycles. The molecule has 3 heteroatoms. The van der Waals surface area contributed by atoms with Crippen LogP contribution in [-0.4, -0.2) is 42.1 Å². The van der Waals surface area contributed by atoms with Gasteiger partial charge in [-0.1, -0.05) is 26.2 Å². The third kappa shape index (κ3) is 5.55. The maximum Gasteiger partial charge on any atom is 0.0226 e. The van der Waals surface area contributed by atoms with Gasteiger partial charge in [0, 0.05) is 12.6 Å². The van der Waals surface area contributed by atoms with Gasteiger partial charge in [-0.25, -0.2) is 0 Å². The van der Waals surface area contributed by atoms with Gasteiger partial charge < -0.3 is 5.73 Å². The van der Waals surface area contributed by atoms with Crippen LogP contribution in [0, 0.1) is 0 Å². The first-order valence-corrected chi connectivity index (χ1v) is 8.05. The van der Waals surface area contributed by atoms with E-state index in [2.05, 4.69) is 11.8 Å². The summed E-state index contributed by atoms with van der Waals surface area (Å²) in [5.41, 5.74) is 5.92. The third-order valence-corrected chi connectivity index (χ3v) is 4.41. The van der Waals surface area contributed by atoms with Gasteiger partial charge in [0.2, 0.25) is 0 Å². The summed E-state index contributed by atoms with van der Waals surface area (Å²) in [6, 6.07) is 0.636. The van der Waals surface area contributed by atoms with Gasteiger partial charge in [-0.05, 0) is 43.9 Å². The molecule has 1 unspecified atom stereocenters. The van der Waals surface area contributed by atoms with Gasteiger partial charge in [0.1, 0.15) is 0 Å². The van der Waals surface area contributed by atoms with Crippen LogP contribution in [0.3, 0.4) is 0 Å². The molecule has 0 spiro atoms. The maximum absolute atomic E-state index is 5.92. The SMILES string of the molecule is CCSCCC(CN)N1CCCCCCC1. The fourth-order valence-corrected chi connectivity index (χ4v) is 3.18. The van der Waals surface area contributed by atoms with E-state index in [0.29, 0.717) is 6.04 Å². The minimum absolute atomic E-state index is 0.636. The van der Waals surface area contributed by atoms with Crippen LogP contribution in [0.15, 0.2) is 0 Å². The van der Waals surface area contributed by atoms with Crippen molar-refractivity contribution in [2.24, 2.45) is 5.73 Å². The molecule has 0 radical (unpaired) electrons. The zero-order valence-electron chi connectivity index (χ0n) is 10.8. The number of rotatable bonds is 6. The first-order valence-electron chi connectivity index (χ1n) is 6.90. The molecule has 1 aliphatic heterocycles. The number of nitrogens with two attached hydrogens (primary N) is 1. The van der Waals surface area contributed by atoms with Crippen molar-refractivity contribution in [3.8, 4) is 0 Å². The minimum atomic E-state index is 0.636. The molecule has 0 aromatic rings. The summed E-state index contributed by atoms with van der Waals surface area (Å²) in [6.07, 6.45) is 8.28. The zero-order valence-corrected chi connectivity index (χ0v) is 11.6. The molecule has 0 amide bonds. The fourth-order valence-electron chi connectivity index (χ4n) is 2.45. The number of hydrogen-bond acceptors (Lipinski definition) is 3. The zero-order chi connectivity index (χ0) is 11.6. The van der Waals surface area contributed by atoms with Crippen LogP contribution in [0.5, 0.6) is 0 Å². The van der Waals surface area contributed by atoms with E-state index in [1.54, 1.807) is 0 Å². The van der Waals surface area contributed by atoms with Crippen molar-refractivity contribution in [3.63, 3.8) is 0 Å². The lowest BCUT2D eigenvalue weighted by atomic mass is 10.1. The molecule has 0 aromatic carbocycles. The Bertz CT molecular complexity index is 156. The lowest BCUT2D eigenvalue weighted by molar-refractivity contribution is 0.179. The van der Waals surface area contributed by atoms with E-state index in [0.717, 1.165) is 6.54 Å². The number of thioether (sulfide) groups is 1. The van der Waals surface area contributed by atoms with Crippen LogP contribution in [0.2, 0.25) is 0 Å². The first kappa shape index (κ1) is 14.3. The van der Waals surface area contributed by atoms with E-state index in [9.17, 15) is 0 Å². The van der Waals surface area contributed by atoms with Crippen molar-refractivity contribution in [2.75, 3.05) is 31.1 Å². The fraction of sp³-hybridized carbons (Fsp3) is 1.00. The Hall–Kier alpha value is 0.270. The lowest BCUT2D eigenvalue weighted by Gasteiger charge is -2.32.